The van der Waals surface area contributed by atoms with Crippen LogP contribution in [0.1, 0.15) is 16.9 Å². The second-order valence-corrected chi connectivity index (χ2v) is 6.08. The highest BCUT2D eigenvalue weighted by Gasteiger charge is 2.17. The molecule has 0 saturated carbocycles. The van der Waals surface area contributed by atoms with E-state index in [2.05, 4.69) is 16.6 Å². The number of hydrogen-bond acceptors (Lipinski definition) is 4. The van der Waals surface area contributed by atoms with Gasteiger partial charge in [0.25, 0.3) is 0 Å². The largest absolute Gasteiger partial charge is 0.468 e. The molecule has 110 valence electrons. The van der Waals surface area contributed by atoms with Crippen LogP contribution in [-0.2, 0) is 16.6 Å². The quantitative estimate of drug-likeness (QED) is 0.837. The van der Waals surface area contributed by atoms with Gasteiger partial charge < -0.3 is 9.52 Å². The lowest BCUT2D eigenvalue weighted by atomic mass is 10.1. The third kappa shape index (κ3) is 3.95. The molecule has 6 heteroatoms. The molecule has 0 unspecified atom stereocenters. The number of rotatable bonds is 4. The van der Waals surface area contributed by atoms with Crippen molar-refractivity contribution in [3.05, 3.63) is 53.5 Å². The van der Waals surface area contributed by atoms with Crippen molar-refractivity contribution in [3.8, 4) is 11.8 Å². The van der Waals surface area contributed by atoms with E-state index in [0.29, 0.717) is 16.9 Å². The highest BCUT2D eigenvalue weighted by molar-refractivity contribution is 7.89. The van der Waals surface area contributed by atoms with E-state index in [0.717, 1.165) is 0 Å². The first-order valence-electron chi connectivity index (χ1n) is 6.25. The van der Waals surface area contributed by atoms with Gasteiger partial charge in [0.15, 0.2) is 0 Å². The maximum absolute atomic E-state index is 12.3. The molecule has 0 aliphatic heterocycles. The Morgan fingerprint density at radius 3 is 2.81 bits per heavy atom. The van der Waals surface area contributed by atoms with Crippen LogP contribution < -0.4 is 4.72 Å². The van der Waals surface area contributed by atoms with E-state index in [9.17, 15) is 8.42 Å². The fraction of sp³-hybridized carbons (Fsp3) is 0.200. The lowest BCUT2D eigenvalue weighted by Gasteiger charge is -2.09. The van der Waals surface area contributed by atoms with Crippen molar-refractivity contribution in [2.75, 3.05) is 6.61 Å². The summed E-state index contributed by atoms with van der Waals surface area (Å²) in [5.74, 6) is 5.72. The zero-order valence-electron chi connectivity index (χ0n) is 11.5. The summed E-state index contributed by atoms with van der Waals surface area (Å²) in [6, 6.07) is 8.27. The normalized spacial score (nSPS) is 11.0. The first-order chi connectivity index (χ1) is 10.0. The fourth-order valence-electron chi connectivity index (χ4n) is 1.77. The van der Waals surface area contributed by atoms with Crippen LogP contribution in [0.15, 0.2) is 45.9 Å². The summed E-state index contributed by atoms with van der Waals surface area (Å²) in [7, 11) is -3.65. The molecule has 21 heavy (non-hydrogen) atoms. The molecule has 2 N–H and O–H groups in total. The number of aryl methyl sites for hydroxylation is 1. The number of furan rings is 1. The molecule has 1 aromatic heterocycles. The Labute approximate surface area is 123 Å². The smallest absolute Gasteiger partial charge is 0.241 e. The lowest BCUT2D eigenvalue weighted by Crippen LogP contribution is -2.23. The molecule has 1 heterocycles. The Morgan fingerprint density at radius 1 is 1.33 bits per heavy atom. The number of aliphatic hydroxyl groups is 1. The molecule has 0 radical (unpaired) electrons. The second-order valence-electron chi connectivity index (χ2n) is 4.34. The minimum Gasteiger partial charge on any atom is -0.468 e. The number of hydrogen-bond donors (Lipinski definition) is 2. The van der Waals surface area contributed by atoms with Crippen molar-refractivity contribution in [2.45, 2.75) is 18.4 Å². The zero-order chi connectivity index (χ0) is 15.3. The summed E-state index contributed by atoms with van der Waals surface area (Å²) in [6.07, 6.45) is 1.49. The third-order valence-corrected chi connectivity index (χ3v) is 4.35. The Kier molecular flexibility index (Phi) is 4.81. The molecule has 0 saturated heterocycles. The number of aliphatic hydroxyl groups excluding tert-OH is 1. The van der Waals surface area contributed by atoms with E-state index in [1.54, 1.807) is 31.2 Å². The van der Waals surface area contributed by atoms with E-state index >= 15 is 0 Å². The van der Waals surface area contributed by atoms with Crippen LogP contribution in [-0.4, -0.2) is 20.1 Å². The highest BCUT2D eigenvalue weighted by Crippen LogP contribution is 2.17. The van der Waals surface area contributed by atoms with Crippen LogP contribution >= 0.6 is 0 Å². The minimum atomic E-state index is -3.65. The third-order valence-electron chi connectivity index (χ3n) is 2.81. The molecule has 2 aromatic rings. The van der Waals surface area contributed by atoms with Gasteiger partial charge in [0, 0.05) is 5.56 Å². The lowest BCUT2D eigenvalue weighted by molar-refractivity contribution is 0.350. The molecule has 0 aliphatic rings. The Morgan fingerprint density at radius 2 is 2.14 bits per heavy atom. The summed E-state index contributed by atoms with van der Waals surface area (Å²) >= 11 is 0. The molecule has 0 fully saturated rings. The molecular weight excluding hydrogens is 290 g/mol. The first kappa shape index (κ1) is 15.3. The van der Waals surface area contributed by atoms with Gasteiger partial charge in [0.05, 0.1) is 17.7 Å². The van der Waals surface area contributed by atoms with Gasteiger partial charge in [-0.1, -0.05) is 17.9 Å². The van der Waals surface area contributed by atoms with Crippen LogP contribution in [0.25, 0.3) is 0 Å². The van der Waals surface area contributed by atoms with Crippen molar-refractivity contribution in [3.63, 3.8) is 0 Å². The van der Waals surface area contributed by atoms with E-state index < -0.39 is 10.0 Å². The summed E-state index contributed by atoms with van der Waals surface area (Å²) < 4.78 is 32.2. The van der Waals surface area contributed by atoms with Crippen molar-refractivity contribution in [1.29, 1.82) is 0 Å². The summed E-state index contributed by atoms with van der Waals surface area (Å²) in [6.45, 7) is 1.53. The standard InChI is InChI=1S/C15H15NO4S/c1-12-6-7-13(4-2-8-17)10-15(12)21(18,19)16-11-14-5-3-9-20-14/h3,5-7,9-10,16-17H,8,11H2,1H3. The predicted molar refractivity (Wildman–Crippen MR) is 77.9 cm³/mol. The molecular formula is C15H15NO4S. The van der Waals surface area contributed by atoms with Gasteiger partial charge in [-0.15, -0.1) is 0 Å². The van der Waals surface area contributed by atoms with Gasteiger partial charge >= 0.3 is 0 Å². The monoisotopic (exact) mass is 305 g/mol. The highest BCUT2D eigenvalue weighted by atomic mass is 32.2. The second kappa shape index (κ2) is 6.59. The van der Waals surface area contributed by atoms with Gasteiger partial charge in [-0.2, -0.15) is 0 Å². The number of nitrogens with one attached hydrogen (secondary N) is 1. The maximum atomic E-state index is 12.3. The average Bonchev–Trinajstić information content (AvgIpc) is 2.97. The van der Waals surface area contributed by atoms with Crippen molar-refractivity contribution < 1.29 is 17.9 Å². The Hall–Kier alpha value is -2.07. The van der Waals surface area contributed by atoms with E-state index in [4.69, 9.17) is 9.52 Å². The minimum absolute atomic E-state index is 0.0846. The van der Waals surface area contributed by atoms with Gasteiger partial charge in [0.1, 0.15) is 12.4 Å². The molecule has 0 spiro atoms. The summed E-state index contributed by atoms with van der Waals surface area (Å²) in [5.41, 5.74) is 1.16. The average molecular weight is 305 g/mol. The van der Waals surface area contributed by atoms with Gasteiger partial charge in [-0.25, -0.2) is 13.1 Å². The van der Waals surface area contributed by atoms with Crippen LogP contribution in [0.2, 0.25) is 0 Å². The molecule has 1 aromatic carbocycles. The summed E-state index contributed by atoms with van der Waals surface area (Å²) in [5, 5.41) is 8.69. The van der Waals surface area contributed by atoms with Crippen molar-refractivity contribution in [1.82, 2.24) is 4.72 Å². The van der Waals surface area contributed by atoms with Crippen LogP contribution in [0.5, 0.6) is 0 Å². The van der Waals surface area contributed by atoms with Crippen molar-refractivity contribution in [2.24, 2.45) is 0 Å². The Balaban J connectivity index is 2.26. The molecule has 2 rings (SSSR count). The fourth-order valence-corrected chi connectivity index (χ4v) is 3.03. The van der Waals surface area contributed by atoms with Gasteiger partial charge in [-0.05, 0) is 36.8 Å². The SMILES string of the molecule is Cc1ccc(C#CCO)cc1S(=O)(=O)NCc1ccco1. The Bertz CT molecular complexity index is 768. The van der Waals surface area contributed by atoms with Crippen LogP contribution in [0.4, 0.5) is 0 Å². The van der Waals surface area contributed by atoms with Gasteiger partial charge in [0.2, 0.25) is 10.0 Å². The van der Waals surface area contributed by atoms with Crippen LogP contribution in [0, 0.1) is 18.8 Å². The predicted octanol–water partition coefficient (Wildman–Crippen LogP) is 1.41. The zero-order valence-corrected chi connectivity index (χ0v) is 12.3. The molecule has 0 bridgehead atoms. The maximum Gasteiger partial charge on any atom is 0.241 e. The van der Waals surface area contributed by atoms with E-state index in [1.165, 1.54) is 12.3 Å². The number of benzene rings is 1. The topological polar surface area (TPSA) is 79.5 Å². The van der Waals surface area contributed by atoms with Gasteiger partial charge in [-0.3, -0.25) is 0 Å². The van der Waals surface area contributed by atoms with E-state index in [-0.39, 0.29) is 18.0 Å². The van der Waals surface area contributed by atoms with Crippen LogP contribution in [0.3, 0.4) is 0 Å². The molecule has 0 atom stereocenters. The molecule has 0 amide bonds. The first-order valence-corrected chi connectivity index (χ1v) is 7.73. The molecule has 0 aliphatic carbocycles. The molecule has 5 nitrogen and oxygen atoms in total. The number of sulfonamides is 1. The van der Waals surface area contributed by atoms with E-state index in [1.807, 2.05) is 0 Å². The van der Waals surface area contributed by atoms with Crippen molar-refractivity contribution >= 4 is 10.0 Å². The summed E-state index contributed by atoms with van der Waals surface area (Å²) in [4.78, 5) is 0.166.